The number of nitrogens with zero attached hydrogens (tertiary/aromatic N) is 1. The molecule has 2 amide bonds. The van der Waals surface area contributed by atoms with E-state index in [1.54, 1.807) is 13.8 Å². The van der Waals surface area contributed by atoms with Gasteiger partial charge in [-0.2, -0.15) is 4.31 Å². The molecule has 0 aromatic heterocycles. The maximum atomic E-state index is 13.3. The maximum absolute atomic E-state index is 13.3. The topological polar surface area (TPSA) is 105 Å². The van der Waals surface area contributed by atoms with Crippen molar-refractivity contribution in [1.82, 2.24) is 14.9 Å². The SMILES string of the molecule is Cc1cc(F)ccc1S(=O)(=O)N1CCCO[C@H]1CNC(=O)C(=O)NC(C)C. The predicted octanol–water partition coefficient (Wildman–Crippen LogP) is 0.512. The van der Waals surface area contributed by atoms with Gasteiger partial charge >= 0.3 is 11.8 Å². The van der Waals surface area contributed by atoms with Crippen molar-refractivity contribution in [3.05, 3.63) is 29.6 Å². The standard InChI is InChI=1S/C17H24FN3O5S/c1-11(2)20-17(23)16(22)19-10-15-21(7-4-8-26-15)27(24,25)14-6-5-13(18)9-12(14)3/h5-6,9,11,15H,4,7-8,10H2,1-3H3,(H,19,22)(H,20,23)/t15-/m0/s1. The normalized spacial score (nSPS) is 18.3. The van der Waals surface area contributed by atoms with E-state index in [4.69, 9.17) is 4.74 Å². The van der Waals surface area contributed by atoms with E-state index in [0.29, 0.717) is 13.0 Å². The van der Waals surface area contributed by atoms with Gasteiger partial charge in [-0.15, -0.1) is 0 Å². The Balaban J connectivity index is 2.14. The van der Waals surface area contributed by atoms with Crippen molar-refractivity contribution in [2.75, 3.05) is 19.7 Å². The van der Waals surface area contributed by atoms with Crippen LogP contribution in [0.5, 0.6) is 0 Å². The predicted molar refractivity (Wildman–Crippen MR) is 95.7 cm³/mol. The average molecular weight is 401 g/mol. The van der Waals surface area contributed by atoms with E-state index in [-0.39, 0.29) is 29.6 Å². The molecular weight excluding hydrogens is 377 g/mol. The van der Waals surface area contributed by atoms with Gasteiger partial charge in [-0.1, -0.05) is 0 Å². The molecule has 2 N–H and O–H groups in total. The highest BCUT2D eigenvalue weighted by Crippen LogP contribution is 2.25. The van der Waals surface area contributed by atoms with Gasteiger partial charge in [0.25, 0.3) is 0 Å². The largest absolute Gasteiger partial charge is 0.360 e. The van der Waals surface area contributed by atoms with Crippen molar-refractivity contribution in [2.24, 2.45) is 0 Å². The molecule has 1 saturated heterocycles. The van der Waals surface area contributed by atoms with Gasteiger partial charge in [-0.25, -0.2) is 12.8 Å². The summed E-state index contributed by atoms with van der Waals surface area (Å²) in [5, 5.41) is 4.84. The van der Waals surface area contributed by atoms with E-state index in [1.807, 2.05) is 0 Å². The number of aryl methyl sites for hydroxylation is 1. The molecule has 2 rings (SSSR count). The summed E-state index contributed by atoms with van der Waals surface area (Å²) in [4.78, 5) is 23.5. The molecule has 1 heterocycles. The zero-order valence-electron chi connectivity index (χ0n) is 15.5. The van der Waals surface area contributed by atoms with Crippen LogP contribution in [0.3, 0.4) is 0 Å². The van der Waals surface area contributed by atoms with Crippen LogP contribution in [0.25, 0.3) is 0 Å². The second-order valence-corrected chi connectivity index (χ2v) is 8.40. The molecule has 0 radical (unpaired) electrons. The zero-order valence-corrected chi connectivity index (χ0v) is 16.3. The van der Waals surface area contributed by atoms with Crippen LogP contribution >= 0.6 is 0 Å². The molecule has 27 heavy (non-hydrogen) atoms. The van der Waals surface area contributed by atoms with Gasteiger partial charge in [0, 0.05) is 12.6 Å². The van der Waals surface area contributed by atoms with Crippen LogP contribution < -0.4 is 10.6 Å². The summed E-state index contributed by atoms with van der Waals surface area (Å²) >= 11 is 0. The van der Waals surface area contributed by atoms with Crippen molar-refractivity contribution in [1.29, 1.82) is 0 Å². The van der Waals surface area contributed by atoms with Crippen molar-refractivity contribution >= 4 is 21.8 Å². The number of hydrogen-bond acceptors (Lipinski definition) is 5. The number of hydrogen-bond donors (Lipinski definition) is 2. The third-order valence-electron chi connectivity index (χ3n) is 3.94. The van der Waals surface area contributed by atoms with Gasteiger partial charge in [0.15, 0.2) is 0 Å². The monoisotopic (exact) mass is 401 g/mol. The smallest absolute Gasteiger partial charge is 0.309 e. The first-order chi connectivity index (χ1) is 12.6. The van der Waals surface area contributed by atoms with Crippen LogP contribution in [-0.4, -0.2) is 56.5 Å². The molecule has 1 aromatic rings. The number of ether oxygens (including phenoxy) is 1. The Morgan fingerprint density at radius 1 is 1.33 bits per heavy atom. The van der Waals surface area contributed by atoms with Crippen molar-refractivity contribution in [3.8, 4) is 0 Å². The molecule has 0 aliphatic carbocycles. The van der Waals surface area contributed by atoms with E-state index in [9.17, 15) is 22.4 Å². The summed E-state index contributed by atoms with van der Waals surface area (Å²) in [5.41, 5.74) is 0.277. The van der Waals surface area contributed by atoms with Gasteiger partial charge in [0.1, 0.15) is 12.0 Å². The molecule has 1 atom stereocenters. The first kappa shape index (κ1) is 21.3. The lowest BCUT2D eigenvalue weighted by atomic mass is 10.2. The van der Waals surface area contributed by atoms with Crippen LogP contribution in [0.15, 0.2) is 23.1 Å². The van der Waals surface area contributed by atoms with E-state index < -0.39 is 33.9 Å². The Labute approximate surface area is 158 Å². The van der Waals surface area contributed by atoms with E-state index in [2.05, 4.69) is 10.6 Å². The van der Waals surface area contributed by atoms with Crippen LogP contribution in [0.2, 0.25) is 0 Å². The van der Waals surface area contributed by atoms with Crippen LogP contribution in [0.4, 0.5) is 4.39 Å². The quantitative estimate of drug-likeness (QED) is 0.700. The number of halogens is 1. The molecule has 1 aliphatic heterocycles. The fourth-order valence-corrected chi connectivity index (χ4v) is 4.49. The Morgan fingerprint density at radius 3 is 2.67 bits per heavy atom. The molecule has 0 saturated carbocycles. The van der Waals surface area contributed by atoms with Crippen LogP contribution in [0.1, 0.15) is 25.8 Å². The van der Waals surface area contributed by atoms with Gasteiger partial charge in [-0.05, 0) is 51.0 Å². The Kier molecular flexibility index (Phi) is 6.90. The van der Waals surface area contributed by atoms with E-state index in [1.165, 1.54) is 13.0 Å². The number of carbonyl (C=O) groups excluding carboxylic acids is 2. The molecule has 150 valence electrons. The molecule has 0 bridgehead atoms. The third kappa shape index (κ3) is 5.24. The lowest BCUT2D eigenvalue weighted by molar-refractivity contribution is -0.140. The average Bonchev–Trinajstić information content (AvgIpc) is 2.58. The van der Waals surface area contributed by atoms with Crippen molar-refractivity contribution in [2.45, 2.75) is 44.4 Å². The number of benzene rings is 1. The summed E-state index contributed by atoms with van der Waals surface area (Å²) in [6, 6.07) is 3.23. The van der Waals surface area contributed by atoms with Crippen LogP contribution in [0, 0.1) is 12.7 Å². The number of nitrogens with one attached hydrogen (secondary N) is 2. The van der Waals surface area contributed by atoms with Crippen LogP contribution in [-0.2, 0) is 24.3 Å². The van der Waals surface area contributed by atoms with Crippen molar-refractivity contribution < 1.29 is 27.1 Å². The first-order valence-corrected chi connectivity index (χ1v) is 10.0. The Bertz CT molecular complexity index is 813. The highest BCUT2D eigenvalue weighted by molar-refractivity contribution is 7.89. The first-order valence-electron chi connectivity index (χ1n) is 8.61. The molecule has 1 aliphatic rings. The summed E-state index contributed by atoms with van der Waals surface area (Å²) < 4.78 is 45.9. The molecular formula is C17H24FN3O5S. The number of carbonyl (C=O) groups is 2. The number of rotatable bonds is 5. The summed E-state index contributed by atoms with van der Waals surface area (Å²) in [6.45, 7) is 5.28. The molecule has 0 unspecified atom stereocenters. The van der Waals surface area contributed by atoms with Gasteiger partial charge < -0.3 is 15.4 Å². The van der Waals surface area contributed by atoms with Crippen molar-refractivity contribution in [3.63, 3.8) is 0 Å². The number of sulfonamides is 1. The summed E-state index contributed by atoms with van der Waals surface area (Å²) in [6.07, 6.45) is -0.471. The second kappa shape index (κ2) is 8.77. The maximum Gasteiger partial charge on any atom is 0.309 e. The Hall–Kier alpha value is -2.04. The molecule has 10 heteroatoms. The van der Waals surface area contributed by atoms with Gasteiger partial charge in [0.05, 0.1) is 18.0 Å². The highest BCUT2D eigenvalue weighted by Gasteiger charge is 2.35. The van der Waals surface area contributed by atoms with Gasteiger partial charge in [-0.3, -0.25) is 9.59 Å². The van der Waals surface area contributed by atoms with E-state index >= 15 is 0 Å². The number of amides is 2. The molecule has 1 fully saturated rings. The minimum Gasteiger partial charge on any atom is -0.360 e. The minimum absolute atomic E-state index is 0.0247. The Morgan fingerprint density at radius 2 is 2.04 bits per heavy atom. The summed E-state index contributed by atoms with van der Waals surface area (Å²) in [5.74, 6) is -2.20. The molecule has 1 aromatic carbocycles. The highest BCUT2D eigenvalue weighted by atomic mass is 32.2. The fraction of sp³-hybridized carbons (Fsp3) is 0.529. The third-order valence-corrected chi connectivity index (χ3v) is 5.99. The lowest BCUT2D eigenvalue weighted by Crippen LogP contribution is -2.53. The molecule has 8 nitrogen and oxygen atoms in total. The van der Waals surface area contributed by atoms with Gasteiger partial charge in [0.2, 0.25) is 10.0 Å². The second-order valence-electron chi connectivity index (χ2n) is 6.54. The fourth-order valence-electron chi connectivity index (χ4n) is 2.72. The van der Waals surface area contributed by atoms with E-state index in [0.717, 1.165) is 16.4 Å². The lowest BCUT2D eigenvalue weighted by Gasteiger charge is -2.34. The zero-order chi connectivity index (χ0) is 20.2. The molecule has 0 spiro atoms. The summed E-state index contributed by atoms with van der Waals surface area (Å²) in [7, 11) is -3.96. The minimum atomic E-state index is -3.96.